The van der Waals surface area contributed by atoms with Crippen LogP contribution in [0.1, 0.15) is 75.3 Å². The van der Waals surface area contributed by atoms with Crippen molar-refractivity contribution in [2.75, 3.05) is 0 Å². The minimum atomic E-state index is -1.72. The van der Waals surface area contributed by atoms with Crippen LogP contribution in [-0.2, 0) is 21.5 Å². The molecule has 0 spiro atoms. The van der Waals surface area contributed by atoms with Crippen LogP contribution in [0.3, 0.4) is 0 Å². The van der Waals surface area contributed by atoms with Crippen molar-refractivity contribution in [1.82, 2.24) is 0 Å². The fourth-order valence-electron chi connectivity index (χ4n) is 5.87. The molecule has 2 aromatic rings. The van der Waals surface area contributed by atoms with Crippen LogP contribution < -0.4 is 0 Å². The summed E-state index contributed by atoms with van der Waals surface area (Å²) in [5.41, 5.74) is 4.66. The second-order valence-corrected chi connectivity index (χ2v) is 23.9. The third-order valence-corrected chi connectivity index (χ3v) is 28.5. The third-order valence-electron chi connectivity index (χ3n) is 7.30. The van der Waals surface area contributed by atoms with E-state index in [1.54, 1.807) is 5.31 Å². The van der Waals surface area contributed by atoms with E-state index in [0.717, 1.165) is 11.3 Å². The molecule has 0 radical (unpaired) electrons. The van der Waals surface area contributed by atoms with Crippen LogP contribution >= 0.6 is 13.1 Å². The SMILES string of the molecule is [Cl][Zr][PH](C(=Cc1ccccc1)c1ccccc1)(C1CCCCC1)C1CCCCC1. The van der Waals surface area contributed by atoms with E-state index in [-0.39, 0.29) is 0 Å². The van der Waals surface area contributed by atoms with Gasteiger partial charge in [0, 0.05) is 0 Å². The van der Waals surface area contributed by atoms with Gasteiger partial charge in [-0.25, -0.2) is 0 Å². The zero-order valence-electron chi connectivity index (χ0n) is 17.5. The van der Waals surface area contributed by atoms with Gasteiger partial charge in [-0.2, -0.15) is 0 Å². The van der Waals surface area contributed by atoms with Gasteiger partial charge in [0.2, 0.25) is 0 Å². The second-order valence-electron chi connectivity index (χ2n) is 8.97. The van der Waals surface area contributed by atoms with Gasteiger partial charge in [0.1, 0.15) is 0 Å². The maximum atomic E-state index is 7.29. The minimum absolute atomic E-state index is 0.915. The van der Waals surface area contributed by atoms with Crippen molar-refractivity contribution in [2.45, 2.75) is 75.5 Å². The number of hydrogen-bond acceptors (Lipinski definition) is 0. The van der Waals surface area contributed by atoms with Crippen molar-refractivity contribution < 1.29 is 21.5 Å². The molecule has 154 valence electrons. The number of benzene rings is 2. The molecule has 0 saturated heterocycles. The Labute approximate surface area is 192 Å². The molecule has 2 saturated carbocycles. The van der Waals surface area contributed by atoms with Crippen molar-refractivity contribution in [3.8, 4) is 0 Å². The molecular weight excluding hydrogens is 470 g/mol. The summed E-state index contributed by atoms with van der Waals surface area (Å²) in [5.74, 6) is 0. The molecule has 29 heavy (non-hydrogen) atoms. The van der Waals surface area contributed by atoms with Crippen molar-refractivity contribution >= 4 is 24.5 Å². The Balaban J connectivity index is 1.88. The third kappa shape index (κ3) is 5.00. The van der Waals surface area contributed by atoms with Crippen molar-refractivity contribution in [3.05, 3.63) is 71.8 Å². The normalized spacial score (nSPS) is 20.4. The molecule has 0 nitrogen and oxygen atoms in total. The van der Waals surface area contributed by atoms with Gasteiger partial charge in [-0.3, -0.25) is 0 Å². The van der Waals surface area contributed by atoms with Crippen LogP contribution in [-0.4, -0.2) is 11.3 Å². The average molecular weight is 504 g/mol. The van der Waals surface area contributed by atoms with Crippen LogP contribution in [0.4, 0.5) is 0 Å². The van der Waals surface area contributed by atoms with E-state index in [9.17, 15) is 0 Å². The molecule has 0 aliphatic heterocycles. The first-order valence-electron chi connectivity index (χ1n) is 11.5. The summed E-state index contributed by atoms with van der Waals surface area (Å²) in [7, 11) is 7.29. The molecule has 3 heteroatoms. The maximum absolute atomic E-state index is 7.29. The molecule has 0 unspecified atom stereocenters. The van der Waals surface area contributed by atoms with Crippen LogP contribution in [0.15, 0.2) is 60.7 Å². The Hall–Kier alpha value is -0.217. The molecule has 2 aliphatic rings. The number of hydrogen-bond donors (Lipinski definition) is 0. The second kappa shape index (κ2) is 10.9. The fourth-order valence-corrected chi connectivity index (χ4v) is 27.7. The molecular formula is C26H34ClPZr. The molecule has 0 bridgehead atoms. The van der Waals surface area contributed by atoms with E-state index >= 15 is 0 Å². The van der Waals surface area contributed by atoms with Crippen LogP contribution in [0, 0.1) is 0 Å². The van der Waals surface area contributed by atoms with Gasteiger partial charge in [0.15, 0.2) is 0 Å². The Morgan fingerprint density at radius 1 is 0.724 bits per heavy atom. The molecule has 2 fully saturated rings. The van der Waals surface area contributed by atoms with E-state index in [1.165, 1.54) is 75.3 Å². The van der Waals surface area contributed by atoms with Crippen molar-refractivity contribution in [3.63, 3.8) is 0 Å². The Bertz CT molecular complexity index is 759. The standard InChI is InChI=1S/C26H33P.ClH.Zr/c1-5-13-22(14-6-1)21-26(23-15-7-2-8-16-23)27(24-17-9-3-10-18-24)25-19-11-4-12-20-25;;/h1-2,5-8,13-16,21,24-25H,3-4,9-12,17-20H2;1H;. The Morgan fingerprint density at radius 3 is 1.69 bits per heavy atom. The summed E-state index contributed by atoms with van der Waals surface area (Å²) in [6.45, 7) is 0. The molecule has 0 amide bonds. The summed E-state index contributed by atoms with van der Waals surface area (Å²) < 4.78 is -1.72. The first kappa shape index (κ1) is 22.0. The average Bonchev–Trinajstić information content (AvgIpc) is 2.82. The van der Waals surface area contributed by atoms with Gasteiger partial charge in [0.05, 0.1) is 0 Å². The molecule has 2 aromatic carbocycles. The van der Waals surface area contributed by atoms with E-state index in [0.29, 0.717) is 0 Å². The van der Waals surface area contributed by atoms with Gasteiger partial charge in [-0.15, -0.1) is 0 Å². The molecule has 0 N–H and O–H groups in total. The number of halogens is 1. The van der Waals surface area contributed by atoms with Crippen LogP contribution in [0.2, 0.25) is 0 Å². The van der Waals surface area contributed by atoms with Crippen LogP contribution in [0.5, 0.6) is 0 Å². The van der Waals surface area contributed by atoms with Gasteiger partial charge >= 0.3 is 193 Å². The first-order chi connectivity index (χ1) is 14.3. The molecule has 4 rings (SSSR count). The Kier molecular flexibility index (Phi) is 8.26. The van der Waals surface area contributed by atoms with E-state index in [1.807, 2.05) is 0 Å². The fraction of sp³-hybridized carbons (Fsp3) is 0.462. The first-order valence-corrected chi connectivity index (χ1v) is 20.6. The summed E-state index contributed by atoms with van der Waals surface area (Å²) in [6, 6.07) is 22.4. The van der Waals surface area contributed by atoms with Gasteiger partial charge in [-0.1, -0.05) is 0 Å². The zero-order valence-corrected chi connectivity index (χ0v) is 21.7. The van der Waals surface area contributed by atoms with Crippen molar-refractivity contribution in [2.24, 2.45) is 0 Å². The molecule has 0 heterocycles. The quantitative estimate of drug-likeness (QED) is 0.273. The van der Waals surface area contributed by atoms with E-state index in [2.05, 4.69) is 66.7 Å². The topological polar surface area (TPSA) is 0 Å². The molecule has 2 aliphatic carbocycles. The predicted molar refractivity (Wildman–Crippen MR) is 129 cm³/mol. The summed E-state index contributed by atoms with van der Waals surface area (Å²) in [6.07, 6.45) is 16.9. The van der Waals surface area contributed by atoms with Crippen LogP contribution in [0.25, 0.3) is 11.4 Å². The Morgan fingerprint density at radius 2 is 1.21 bits per heavy atom. The summed E-state index contributed by atoms with van der Waals surface area (Å²) in [5, 5.41) is 1.71. The summed E-state index contributed by atoms with van der Waals surface area (Å²) >= 11 is -0.973. The monoisotopic (exact) mass is 502 g/mol. The molecule has 0 aromatic heterocycles. The number of rotatable bonds is 6. The van der Waals surface area contributed by atoms with Gasteiger partial charge in [-0.05, 0) is 0 Å². The van der Waals surface area contributed by atoms with Gasteiger partial charge in [0.25, 0.3) is 0 Å². The van der Waals surface area contributed by atoms with E-state index in [4.69, 9.17) is 8.51 Å². The van der Waals surface area contributed by atoms with E-state index < -0.39 is 26.0 Å². The van der Waals surface area contributed by atoms with Gasteiger partial charge < -0.3 is 0 Å². The zero-order chi connectivity index (χ0) is 19.9. The van der Waals surface area contributed by atoms with Crippen molar-refractivity contribution in [1.29, 1.82) is 0 Å². The summed E-state index contributed by atoms with van der Waals surface area (Å²) in [4.78, 5) is 0. The molecule has 0 atom stereocenters. The predicted octanol–water partition coefficient (Wildman–Crippen LogP) is 8.75.